The number of thioether (sulfide) groups is 2. The van der Waals surface area contributed by atoms with Crippen molar-refractivity contribution in [2.75, 3.05) is 35.7 Å². The Morgan fingerprint density at radius 3 is 3.15 bits per heavy atom. The fraction of sp³-hybridized carbons (Fsp3) is 0.571. The fourth-order valence-corrected chi connectivity index (χ4v) is 4.50. The molecular formula is C14H21N3OS2. The number of rotatable bonds is 6. The van der Waals surface area contributed by atoms with Crippen LogP contribution in [0.4, 0.5) is 5.82 Å². The number of hydrogen-bond donors (Lipinski definition) is 2. The van der Waals surface area contributed by atoms with Gasteiger partial charge in [0.25, 0.3) is 5.91 Å². The van der Waals surface area contributed by atoms with Crippen LogP contribution >= 0.6 is 23.5 Å². The largest absolute Gasteiger partial charge is 0.370 e. The van der Waals surface area contributed by atoms with Crippen LogP contribution in [0.1, 0.15) is 23.7 Å². The maximum Gasteiger partial charge on any atom is 0.251 e. The van der Waals surface area contributed by atoms with Crippen molar-refractivity contribution in [3.05, 3.63) is 23.9 Å². The summed E-state index contributed by atoms with van der Waals surface area (Å²) in [6.45, 7) is 3.72. The number of anilines is 1. The minimum Gasteiger partial charge on any atom is -0.370 e. The Morgan fingerprint density at radius 1 is 1.50 bits per heavy atom. The third kappa shape index (κ3) is 4.90. The van der Waals surface area contributed by atoms with Gasteiger partial charge in [-0.3, -0.25) is 4.79 Å². The SMILES string of the molecule is CCCNc1cc(C(=O)NCC2CSCCS2)ccn1. The molecule has 20 heavy (non-hydrogen) atoms. The molecule has 0 spiro atoms. The van der Waals surface area contributed by atoms with Crippen LogP contribution in [0.3, 0.4) is 0 Å². The molecule has 1 unspecified atom stereocenters. The maximum absolute atomic E-state index is 12.1. The first-order valence-corrected chi connectivity index (χ1v) is 9.17. The highest BCUT2D eigenvalue weighted by Crippen LogP contribution is 2.23. The second-order valence-electron chi connectivity index (χ2n) is 4.63. The molecular weight excluding hydrogens is 290 g/mol. The molecule has 1 saturated heterocycles. The monoisotopic (exact) mass is 311 g/mol. The molecule has 0 aromatic carbocycles. The van der Waals surface area contributed by atoms with Crippen molar-refractivity contribution < 1.29 is 4.79 Å². The van der Waals surface area contributed by atoms with E-state index < -0.39 is 0 Å². The molecule has 110 valence electrons. The van der Waals surface area contributed by atoms with E-state index in [2.05, 4.69) is 22.5 Å². The Morgan fingerprint density at radius 2 is 2.40 bits per heavy atom. The second-order valence-corrected chi connectivity index (χ2v) is 7.19. The van der Waals surface area contributed by atoms with E-state index in [0.717, 1.165) is 31.1 Å². The zero-order chi connectivity index (χ0) is 14.2. The van der Waals surface area contributed by atoms with Crippen molar-refractivity contribution in [2.24, 2.45) is 0 Å². The third-order valence-corrected chi connectivity index (χ3v) is 5.80. The van der Waals surface area contributed by atoms with Gasteiger partial charge in [0.05, 0.1) is 0 Å². The number of nitrogens with zero attached hydrogens (tertiary/aromatic N) is 1. The van der Waals surface area contributed by atoms with E-state index in [0.29, 0.717) is 10.8 Å². The first-order valence-electron chi connectivity index (χ1n) is 6.97. The Kier molecular flexibility index (Phi) is 6.53. The van der Waals surface area contributed by atoms with Crippen LogP contribution in [0.2, 0.25) is 0 Å². The third-order valence-electron chi connectivity index (χ3n) is 2.95. The number of hydrogen-bond acceptors (Lipinski definition) is 5. The van der Waals surface area contributed by atoms with Crippen LogP contribution in [-0.2, 0) is 0 Å². The lowest BCUT2D eigenvalue weighted by atomic mass is 10.2. The first-order chi connectivity index (χ1) is 9.79. The molecule has 2 heterocycles. The van der Waals surface area contributed by atoms with E-state index in [1.165, 1.54) is 11.5 Å². The van der Waals surface area contributed by atoms with Gasteiger partial charge < -0.3 is 10.6 Å². The molecule has 6 heteroatoms. The number of carbonyl (C=O) groups excluding carboxylic acids is 1. The van der Waals surface area contributed by atoms with Gasteiger partial charge in [-0.05, 0) is 18.6 Å². The summed E-state index contributed by atoms with van der Waals surface area (Å²) in [4.78, 5) is 16.3. The highest BCUT2D eigenvalue weighted by molar-refractivity contribution is 8.06. The van der Waals surface area contributed by atoms with Gasteiger partial charge in [-0.1, -0.05) is 6.92 Å². The van der Waals surface area contributed by atoms with E-state index in [-0.39, 0.29) is 5.91 Å². The van der Waals surface area contributed by atoms with Crippen molar-refractivity contribution in [3.8, 4) is 0 Å². The number of amides is 1. The lowest BCUT2D eigenvalue weighted by Gasteiger charge is -2.21. The van der Waals surface area contributed by atoms with E-state index in [4.69, 9.17) is 0 Å². The predicted octanol–water partition coefficient (Wildman–Crippen LogP) is 2.48. The van der Waals surface area contributed by atoms with Crippen molar-refractivity contribution in [3.63, 3.8) is 0 Å². The van der Waals surface area contributed by atoms with Crippen molar-refractivity contribution >= 4 is 35.2 Å². The average molecular weight is 311 g/mol. The van der Waals surface area contributed by atoms with Gasteiger partial charge >= 0.3 is 0 Å². The number of aromatic nitrogens is 1. The highest BCUT2D eigenvalue weighted by Gasteiger charge is 2.15. The summed E-state index contributed by atoms with van der Waals surface area (Å²) in [6.07, 6.45) is 2.72. The molecule has 2 N–H and O–H groups in total. The maximum atomic E-state index is 12.1. The molecule has 2 rings (SSSR count). The quantitative estimate of drug-likeness (QED) is 0.845. The topological polar surface area (TPSA) is 54.0 Å². The van der Waals surface area contributed by atoms with Crippen LogP contribution in [-0.4, -0.2) is 46.5 Å². The van der Waals surface area contributed by atoms with E-state index >= 15 is 0 Å². The number of nitrogens with one attached hydrogen (secondary N) is 2. The highest BCUT2D eigenvalue weighted by atomic mass is 32.2. The predicted molar refractivity (Wildman–Crippen MR) is 88.9 cm³/mol. The summed E-state index contributed by atoms with van der Waals surface area (Å²) < 4.78 is 0. The van der Waals surface area contributed by atoms with Crippen LogP contribution in [0.5, 0.6) is 0 Å². The van der Waals surface area contributed by atoms with Gasteiger partial charge in [-0.2, -0.15) is 23.5 Å². The number of carbonyl (C=O) groups is 1. The van der Waals surface area contributed by atoms with Gasteiger partial charge in [-0.25, -0.2) is 4.98 Å². The molecule has 1 amide bonds. The molecule has 4 nitrogen and oxygen atoms in total. The molecule has 1 atom stereocenters. The Balaban J connectivity index is 1.84. The summed E-state index contributed by atoms with van der Waals surface area (Å²) >= 11 is 3.92. The summed E-state index contributed by atoms with van der Waals surface area (Å²) in [5.41, 5.74) is 0.673. The van der Waals surface area contributed by atoms with E-state index in [1.54, 1.807) is 12.3 Å². The molecule has 0 saturated carbocycles. The number of pyridine rings is 1. The molecule has 0 aliphatic carbocycles. The molecule has 1 fully saturated rings. The van der Waals surface area contributed by atoms with Crippen LogP contribution in [0, 0.1) is 0 Å². The Hall–Kier alpha value is -0.880. The van der Waals surface area contributed by atoms with E-state index in [1.807, 2.05) is 29.6 Å². The fourth-order valence-electron chi connectivity index (χ4n) is 1.88. The summed E-state index contributed by atoms with van der Waals surface area (Å²) in [7, 11) is 0. The molecule has 1 aromatic heterocycles. The molecule has 1 aromatic rings. The van der Waals surface area contributed by atoms with Crippen LogP contribution < -0.4 is 10.6 Å². The second kappa shape index (κ2) is 8.42. The summed E-state index contributed by atoms with van der Waals surface area (Å²) in [5.74, 6) is 4.30. The smallest absolute Gasteiger partial charge is 0.251 e. The van der Waals surface area contributed by atoms with Crippen molar-refractivity contribution in [1.29, 1.82) is 0 Å². The molecule has 1 aliphatic rings. The van der Waals surface area contributed by atoms with Crippen molar-refractivity contribution in [2.45, 2.75) is 18.6 Å². The molecule has 0 bridgehead atoms. The first kappa shape index (κ1) is 15.5. The Bertz CT molecular complexity index is 436. The lowest BCUT2D eigenvalue weighted by molar-refractivity contribution is 0.0954. The zero-order valence-electron chi connectivity index (χ0n) is 11.7. The van der Waals surface area contributed by atoms with Gasteiger partial charge in [0.1, 0.15) is 5.82 Å². The summed E-state index contributed by atoms with van der Waals surface area (Å²) in [6, 6.07) is 3.57. The Labute approximate surface area is 128 Å². The van der Waals surface area contributed by atoms with Crippen LogP contribution in [0.25, 0.3) is 0 Å². The average Bonchev–Trinajstić information content (AvgIpc) is 2.52. The summed E-state index contributed by atoms with van der Waals surface area (Å²) in [5, 5.41) is 6.76. The standard InChI is InChI=1S/C14H21N3OS2/c1-2-4-15-13-8-11(3-5-16-13)14(18)17-9-12-10-19-6-7-20-12/h3,5,8,12H,2,4,6-7,9-10H2,1H3,(H,15,16)(H,17,18). The van der Waals surface area contributed by atoms with Gasteiger partial charge in [-0.15, -0.1) is 0 Å². The lowest BCUT2D eigenvalue weighted by Crippen LogP contribution is -2.33. The normalized spacial score (nSPS) is 18.6. The van der Waals surface area contributed by atoms with E-state index in [9.17, 15) is 4.79 Å². The van der Waals surface area contributed by atoms with Crippen LogP contribution in [0.15, 0.2) is 18.3 Å². The zero-order valence-corrected chi connectivity index (χ0v) is 13.4. The van der Waals surface area contributed by atoms with Crippen molar-refractivity contribution in [1.82, 2.24) is 10.3 Å². The molecule has 0 radical (unpaired) electrons. The molecule has 1 aliphatic heterocycles. The van der Waals surface area contributed by atoms with Gasteiger partial charge in [0, 0.05) is 47.4 Å². The minimum absolute atomic E-state index is 0.0110. The minimum atomic E-state index is -0.0110. The van der Waals surface area contributed by atoms with Gasteiger partial charge in [0.15, 0.2) is 0 Å². The van der Waals surface area contributed by atoms with Gasteiger partial charge in [0.2, 0.25) is 0 Å².